The molecule has 1 atom stereocenters. The van der Waals surface area contributed by atoms with Crippen LogP contribution in [-0.2, 0) is 32.2 Å². The smallest absolute Gasteiger partial charge is 0.243 e. The molecule has 0 aliphatic carbocycles. The number of phenolic OH excluding ortho intramolecular Hbond substituents is 1. The monoisotopic (exact) mass is 689 g/mol. The van der Waals surface area contributed by atoms with Crippen molar-refractivity contribution in [2.75, 3.05) is 44.9 Å². The van der Waals surface area contributed by atoms with Crippen LogP contribution in [0.3, 0.4) is 0 Å². The van der Waals surface area contributed by atoms with Gasteiger partial charge in [0.25, 0.3) is 0 Å². The predicted molar refractivity (Wildman–Crippen MR) is 199 cm³/mol. The van der Waals surface area contributed by atoms with E-state index >= 15 is 0 Å². The van der Waals surface area contributed by atoms with E-state index in [0.29, 0.717) is 52.4 Å². The van der Waals surface area contributed by atoms with Crippen LogP contribution in [-0.4, -0.2) is 67.4 Å². The largest absolute Gasteiger partial charge is 0.508 e. The average molecular weight is 690 g/mol. The first-order valence-electron chi connectivity index (χ1n) is 17.9. The van der Waals surface area contributed by atoms with Crippen LogP contribution in [0.5, 0.6) is 11.5 Å². The van der Waals surface area contributed by atoms with Crippen molar-refractivity contribution < 1.29 is 28.9 Å². The molecule has 4 aromatic carbocycles. The molecule has 2 amide bonds. The number of anilines is 1. The van der Waals surface area contributed by atoms with Gasteiger partial charge in [0.05, 0.1) is 25.9 Å². The molecule has 0 aromatic heterocycles. The molecule has 1 saturated heterocycles. The number of phenols is 1. The summed E-state index contributed by atoms with van der Waals surface area (Å²) in [5.41, 5.74) is 9.20. The van der Waals surface area contributed by atoms with Gasteiger partial charge < -0.3 is 24.6 Å². The third-order valence-electron chi connectivity index (χ3n) is 9.34. The van der Waals surface area contributed by atoms with Crippen molar-refractivity contribution in [3.63, 3.8) is 0 Å². The first kappa shape index (κ1) is 35.9. The quantitative estimate of drug-likeness (QED) is 0.0632. The Balaban J connectivity index is 0.867. The van der Waals surface area contributed by atoms with Crippen LogP contribution in [0.1, 0.15) is 60.4 Å². The Bertz CT molecular complexity index is 1790. The van der Waals surface area contributed by atoms with Gasteiger partial charge in [0.15, 0.2) is 0 Å². The minimum Gasteiger partial charge on any atom is -0.508 e. The van der Waals surface area contributed by atoms with Crippen LogP contribution in [0, 0.1) is 0 Å². The van der Waals surface area contributed by atoms with Crippen molar-refractivity contribution in [3.05, 3.63) is 125 Å². The summed E-state index contributed by atoms with van der Waals surface area (Å²) in [5.74, 6) is 0.666. The Morgan fingerprint density at radius 2 is 1.49 bits per heavy atom. The normalized spacial score (nSPS) is 16.4. The molecule has 0 spiro atoms. The van der Waals surface area contributed by atoms with Crippen LogP contribution < -0.4 is 15.4 Å². The average Bonchev–Trinajstić information content (AvgIpc) is 3.57. The van der Waals surface area contributed by atoms with Gasteiger partial charge in [-0.05, 0) is 94.6 Å². The van der Waals surface area contributed by atoms with Gasteiger partial charge in [0.1, 0.15) is 18.1 Å². The molecule has 0 bridgehead atoms. The minimum atomic E-state index is -0.243. The third-order valence-corrected chi connectivity index (χ3v) is 9.34. The molecule has 2 aliphatic rings. The van der Waals surface area contributed by atoms with Crippen molar-refractivity contribution in [1.82, 2.24) is 10.2 Å². The van der Waals surface area contributed by atoms with Crippen LogP contribution in [0.4, 0.5) is 5.69 Å². The Hall–Kier alpha value is -4.96. The maximum absolute atomic E-state index is 12.3. The summed E-state index contributed by atoms with van der Waals surface area (Å²) in [4.78, 5) is 25.9. The van der Waals surface area contributed by atoms with E-state index in [1.807, 2.05) is 30.3 Å². The van der Waals surface area contributed by atoms with Gasteiger partial charge >= 0.3 is 0 Å². The highest BCUT2D eigenvalue weighted by Crippen LogP contribution is 2.35. The Kier molecular flexibility index (Phi) is 12.5. The second-order valence-corrected chi connectivity index (χ2v) is 12.9. The molecule has 2 aliphatic heterocycles. The van der Waals surface area contributed by atoms with Gasteiger partial charge in [0, 0.05) is 38.3 Å². The maximum atomic E-state index is 12.3. The number of hydrogen-bond acceptors (Lipinski definition) is 8. The second-order valence-electron chi connectivity index (χ2n) is 12.9. The first-order chi connectivity index (χ1) is 25.0. The van der Waals surface area contributed by atoms with E-state index in [-0.39, 0.29) is 23.6 Å². The molecule has 1 fully saturated rings. The molecule has 0 saturated carbocycles. The fourth-order valence-electron chi connectivity index (χ4n) is 6.75. The van der Waals surface area contributed by atoms with Crippen molar-refractivity contribution in [2.24, 2.45) is 0 Å². The van der Waals surface area contributed by atoms with Gasteiger partial charge in [-0.15, -0.1) is 0 Å². The lowest BCUT2D eigenvalue weighted by Crippen LogP contribution is -2.50. The summed E-state index contributed by atoms with van der Waals surface area (Å²) in [6, 6.07) is 32.1. The highest BCUT2D eigenvalue weighted by atomic mass is 16.5. The number of imide groups is 1. The van der Waals surface area contributed by atoms with E-state index in [9.17, 15) is 14.7 Å². The van der Waals surface area contributed by atoms with Gasteiger partial charge in [-0.25, -0.2) is 0 Å². The van der Waals surface area contributed by atoms with E-state index in [0.717, 1.165) is 54.1 Å². The summed E-state index contributed by atoms with van der Waals surface area (Å²) >= 11 is 0. The molecule has 9 nitrogen and oxygen atoms in total. The van der Waals surface area contributed by atoms with Gasteiger partial charge in [-0.2, -0.15) is 0 Å². The number of nitrogens with zero attached hydrogens (tertiary/aromatic N) is 1. The summed E-state index contributed by atoms with van der Waals surface area (Å²) in [5, 5.41) is 15.8. The predicted octanol–water partition coefficient (Wildman–Crippen LogP) is 6.80. The minimum absolute atomic E-state index is 0.180. The number of hydrogen-bond donors (Lipinski definition) is 3. The highest BCUT2D eigenvalue weighted by Gasteiger charge is 2.34. The Morgan fingerprint density at radius 3 is 2.22 bits per heavy atom. The highest BCUT2D eigenvalue weighted by molar-refractivity contribution is 6.00. The number of piperidine rings is 1. The molecule has 3 N–H and O–H groups in total. The topological polar surface area (TPSA) is 109 Å². The molecule has 1 unspecified atom stereocenters. The number of fused-ring (bicyclic) bond motifs is 1. The molecule has 2 heterocycles. The lowest BCUT2D eigenvalue weighted by molar-refractivity contribution is -0.137. The number of rotatable bonds is 17. The molecule has 51 heavy (non-hydrogen) atoms. The van der Waals surface area contributed by atoms with Crippen molar-refractivity contribution >= 4 is 28.6 Å². The van der Waals surface area contributed by atoms with E-state index < -0.39 is 0 Å². The molecular weight excluding hydrogens is 642 g/mol. The number of benzene rings is 4. The number of amides is 2. The number of carbonyl (C=O) groups excluding carboxylic acids is 2. The van der Waals surface area contributed by atoms with E-state index in [1.165, 1.54) is 22.3 Å². The molecule has 266 valence electrons. The molecular formula is C42H47N3O6. The summed E-state index contributed by atoms with van der Waals surface area (Å²) in [6.45, 7) is 6.99. The molecule has 6 rings (SSSR count). The zero-order valence-electron chi connectivity index (χ0n) is 29.2. The number of carbonyl (C=O) groups is 2. The fourth-order valence-corrected chi connectivity index (χ4v) is 6.75. The summed E-state index contributed by atoms with van der Waals surface area (Å²) < 4.78 is 17.4. The second kappa shape index (κ2) is 17.8. The van der Waals surface area contributed by atoms with Gasteiger partial charge in [-0.3, -0.25) is 19.8 Å². The van der Waals surface area contributed by atoms with Crippen LogP contribution in [0.25, 0.3) is 11.1 Å². The Labute approximate surface area is 300 Å². The molecule has 9 heteroatoms. The standard InChI is InChI=1S/C42H47N3O6/c1-2-38(30-7-4-3-5-8-30)41(31-10-15-36(46)16-11-31)32-12-17-37(18-13-32)51-26-25-50-24-23-49-22-6-21-43-35-14-9-33-28-45(29-34(33)27-35)39-19-20-40(47)44-42(39)48/h3-5,7-18,27,39,43,46H,2,6,19-26,28-29H2,1H3,(H,44,47,48). The number of allylic oxidation sites excluding steroid dienone is 1. The van der Waals surface area contributed by atoms with Crippen LogP contribution in [0.15, 0.2) is 97.1 Å². The lowest BCUT2D eigenvalue weighted by Gasteiger charge is -2.29. The first-order valence-corrected chi connectivity index (χ1v) is 17.9. The number of ether oxygens (including phenoxy) is 3. The number of nitrogens with one attached hydrogen (secondary N) is 2. The van der Waals surface area contributed by atoms with Crippen LogP contribution >= 0.6 is 0 Å². The zero-order chi connectivity index (χ0) is 35.4. The summed E-state index contributed by atoms with van der Waals surface area (Å²) in [7, 11) is 0. The van der Waals surface area contributed by atoms with Gasteiger partial charge in [0.2, 0.25) is 11.8 Å². The zero-order valence-corrected chi connectivity index (χ0v) is 29.2. The fraction of sp³-hybridized carbons (Fsp3) is 0.333. The third kappa shape index (κ3) is 9.64. The number of aromatic hydroxyl groups is 1. The van der Waals surface area contributed by atoms with Crippen molar-refractivity contribution in [2.45, 2.75) is 51.7 Å². The molecule has 0 radical (unpaired) electrons. The summed E-state index contributed by atoms with van der Waals surface area (Å²) in [6.07, 6.45) is 2.71. The van der Waals surface area contributed by atoms with E-state index in [1.54, 1.807) is 12.1 Å². The van der Waals surface area contributed by atoms with E-state index in [2.05, 4.69) is 77.1 Å². The van der Waals surface area contributed by atoms with Crippen molar-refractivity contribution in [3.8, 4) is 11.5 Å². The SMILES string of the molecule is CCC(=C(c1ccc(O)cc1)c1ccc(OCCOCCOCCCNc2ccc3c(c2)CN(C2CCC(=O)NC2=O)C3)cc1)c1ccccc1. The lowest BCUT2D eigenvalue weighted by atomic mass is 9.88. The Morgan fingerprint density at radius 1 is 0.804 bits per heavy atom. The van der Waals surface area contributed by atoms with Crippen LogP contribution in [0.2, 0.25) is 0 Å². The van der Waals surface area contributed by atoms with E-state index in [4.69, 9.17) is 14.2 Å². The maximum Gasteiger partial charge on any atom is 0.243 e. The molecule has 4 aromatic rings. The van der Waals surface area contributed by atoms with Crippen molar-refractivity contribution in [1.29, 1.82) is 0 Å². The van der Waals surface area contributed by atoms with Gasteiger partial charge in [-0.1, -0.05) is 67.6 Å².